The van der Waals surface area contributed by atoms with Gasteiger partial charge in [-0.3, -0.25) is 9.69 Å². The average molecular weight is 355 g/mol. The van der Waals surface area contributed by atoms with Crippen molar-refractivity contribution in [3.63, 3.8) is 0 Å². The van der Waals surface area contributed by atoms with Crippen molar-refractivity contribution in [1.29, 1.82) is 0 Å². The lowest BCUT2D eigenvalue weighted by Gasteiger charge is -2.34. The molecule has 1 heterocycles. The van der Waals surface area contributed by atoms with E-state index in [4.69, 9.17) is 21.1 Å². The summed E-state index contributed by atoms with van der Waals surface area (Å²) in [5.41, 5.74) is 0. The number of rotatable bonds is 8. The molecule has 6 heteroatoms. The molecule has 1 saturated heterocycles. The van der Waals surface area contributed by atoms with Gasteiger partial charge in [-0.1, -0.05) is 11.6 Å². The fraction of sp³-hybridized carbons (Fsp3) is 0.611. The summed E-state index contributed by atoms with van der Waals surface area (Å²) in [4.78, 5) is 16.4. The van der Waals surface area contributed by atoms with E-state index in [-0.39, 0.29) is 12.0 Å². The van der Waals surface area contributed by atoms with Gasteiger partial charge >= 0.3 is 0 Å². The van der Waals surface area contributed by atoms with Gasteiger partial charge < -0.3 is 14.4 Å². The van der Waals surface area contributed by atoms with Crippen LogP contribution in [0.2, 0.25) is 5.02 Å². The van der Waals surface area contributed by atoms with Crippen LogP contribution in [-0.2, 0) is 9.53 Å². The van der Waals surface area contributed by atoms with Crippen molar-refractivity contribution < 1.29 is 14.3 Å². The van der Waals surface area contributed by atoms with Crippen LogP contribution in [0.25, 0.3) is 0 Å². The Morgan fingerprint density at radius 1 is 1.12 bits per heavy atom. The SMILES string of the molecule is CC(C)OCCC(=O)N1CCN(CCOc2ccc(Cl)cc2)CC1. The molecular weight excluding hydrogens is 328 g/mol. The molecule has 1 fully saturated rings. The van der Waals surface area contributed by atoms with Crippen molar-refractivity contribution in [1.82, 2.24) is 9.80 Å². The van der Waals surface area contributed by atoms with Gasteiger partial charge in [-0.25, -0.2) is 0 Å². The zero-order chi connectivity index (χ0) is 17.4. The summed E-state index contributed by atoms with van der Waals surface area (Å²) in [7, 11) is 0. The molecule has 5 nitrogen and oxygen atoms in total. The highest BCUT2D eigenvalue weighted by Gasteiger charge is 2.20. The fourth-order valence-electron chi connectivity index (χ4n) is 2.58. The molecule has 134 valence electrons. The second kappa shape index (κ2) is 9.87. The van der Waals surface area contributed by atoms with Gasteiger partial charge in [0.25, 0.3) is 0 Å². The highest BCUT2D eigenvalue weighted by molar-refractivity contribution is 6.30. The zero-order valence-electron chi connectivity index (χ0n) is 14.5. The minimum atomic E-state index is 0.176. The lowest BCUT2D eigenvalue weighted by Crippen LogP contribution is -2.49. The first-order valence-corrected chi connectivity index (χ1v) is 8.92. The van der Waals surface area contributed by atoms with Crippen LogP contribution >= 0.6 is 11.6 Å². The number of halogens is 1. The van der Waals surface area contributed by atoms with Gasteiger partial charge in [-0.2, -0.15) is 0 Å². The van der Waals surface area contributed by atoms with E-state index in [1.54, 1.807) is 0 Å². The molecule has 0 bridgehead atoms. The van der Waals surface area contributed by atoms with Crippen LogP contribution in [-0.4, -0.2) is 67.7 Å². The number of nitrogens with zero attached hydrogens (tertiary/aromatic N) is 2. The van der Waals surface area contributed by atoms with E-state index < -0.39 is 0 Å². The topological polar surface area (TPSA) is 42.0 Å². The highest BCUT2D eigenvalue weighted by atomic mass is 35.5. The molecule has 0 atom stereocenters. The Morgan fingerprint density at radius 3 is 2.42 bits per heavy atom. The summed E-state index contributed by atoms with van der Waals surface area (Å²) in [5, 5.41) is 0.710. The predicted molar refractivity (Wildman–Crippen MR) is 95.7 cm³/mol. The summed E-state index contributed by atoms with van der Waals surface area (Å²) in [6, 6.07) is 7.39. The van der Waals surface area contributed by atoms with Gasteiger partial charge in [0.2, 0.25) is 5.91 Å². The molecule has 0 N–H and O–H groups in total. The third-order valence-corrected chi connectivity index (χ3v) is 4.23. The lowest BCUT2D eigenvalue weighted by molar-refractivity contribution is -0.134. The molecule has 24 heavy (non-hydrogen) atoms. The quantitative estimate of drug-likeness (QED) is 0.719. The highest BCUT2D eigenvalue weighted by Crippen LogP contribution is 2.15. The Kier molecular flexibility index (Phi) is 7.82. The Morgan fingerprint density at radius 2 is 1.79 bits per heavy atom. The first-order valence-electron chi connectivity index (χ1n) is 8.54. The van der Waals surface area contributed by atoms with Crippen molar-refractivity contribution >= 4 is 17.5 Å². The largest absolute Gasteiger partial charge is 0.492 e. The molecule has 1 aliphatic heterocycles. The number of hydrogen-bond acceptors (Lipinski definition) is 4. The van der Waals surface area contributed by atoms with E-state index in [1.165, 1.54) is 0 Å². The van der Waals surface area contributed by atoms with Gasteiger partial charge in [-0.05, 0) is 38.1 Å². The maximum absolute atomic E-state index is 12.1. The monoisotopic (exact) mass is 354 g/mol. The van der Waals surface area contributed by atoms with Gasteiger partial charge in [0.05, 0.1) is 19.1 Å². The van der Waals surface area contributed by atoms with Gasteiger partial charge in [0, 0.05) is 37.7 Å². The van der Waals surface area contributed by atoms with E-state index in [0.29, 0.717) is 24.7 Å². The maximum atomic E-state index is 12.1. The fourth-order valence-corrected chi connectivity index (χ4v) is 2.71. The van der Waals surface area contributed by atoms with E-state index >= 15 is 0 Å². The van der Waals surface area contributed by atoms with Crippen LogP contribution in [0.15, 0.2) is 24.3 Å². The molecule has 1 aromatic carbocycles. The molecule has 0 aromatic heterocycles. The van der Waals surface area contributed by atoms with Crippen molar-refractivity contribution in [2.45, 2.75) is 26.4 Å². The molecular formula is C18H27ClN2O3. The molecule has 2 rings (SSSR count). The summed E-state index contributed by atoms with van der Waals surface area (Å²) < 4.78 is 11.2. The minimum absolute atomic E-state index is 0.176. The third-order valence-electron chi connectivity index (χ3n) is 3.98. The van der Waals surface area contributed by atoms with E-state index in [2.05, 4.69) is 4.90 Å². The molecule has 1 aliphatic rings. The normalized spacial score (nSPS) is 15.8. The second-order valence-electron chi connectivity index (χ2n) is 6.19. The first-order chi connectivity index (χ1) is 11.5. The lowest BCUT2D eigenvalue weighted by atomic mass is 10.3. The smallest absolute Gasteiger partial charge is 0.224 e. The van der Waals surface area contributed by atoms with Crippen LogP contribution < -0.4 is 4.74 Å². The number of piperazine rings is 1. The molecule has 1 aromatic rings. The number of benzene rings is 1. The van der Waals surface area contributed by atoms with E-state index in [1.807, 2.05) is 43.0 Å². The number of amides is 1. The van der Waals surface area contributed by atoms with Crippen LogP contribution in [0, 0.1) is 0 Å². The Hall–Kier alpha value is -1.30. The average Bonchev–Trinajstić information content (AvgIpc) is 2.57. The molecule has 0 spiro atoms. The Balaban J connectivity index is 1.60. The van der Waals surface area contributed by atoms with Crippen molar-refractivity contribution in [2.75, 3.05) is 45.9 Å². The summed E-state index contributed by atoms with van der Waals surface area (Å²) in [5.74, 6) is 1.02. The third kappa shape index (κ3) is 6.67. The molecule has 0 saturated carbocycles. The molecule has 1 amide bonds. The number of carbonyl (C=O) groups excluding carboxylic acids is 1. The summed E-state index contributed by atoms with van der Waals surface area (Å²) in [6.45, 7) is 9.31. The van der Waals surface area contributed by atoms with Crippen LogP contribution in [0.4, 0.5) is 0 Å². The van der Waals surface area contributed by atoms with Crippen molar-refractivity contribution in [2.24, 2.45) is 0 Å². The number of hydrogen-bond donors (Lipinski definition) is 0. The van der Waals surface area contributed by atoms with E-state index in [0.717, 1.165) is 38.5 Å². The maximum Gasteiger partial charge on any atom is 0.224 e. The molecule has 0 unspecified atom stereocenters. The van der Waals surface area contributed by atoms with Crippen molar-refractivity contribution in [3.05, 3.63) is 29.3 Å². The molecule has 0 aliphatic carbocycles. The number of carbonyl (C=O) groups is 1. The Bertz CT molecular complexity index is 499. The zero-order valence-corrected chi connectivity index (χ0v) is 15.3. The standard InChI is InChI=1S/C18H27ClN2O3/c1-15(2)23-13-7-18(22)21-10-8-20(9-11-21)12-14-24-17-5-3-16(19)4-6-17/h3-6,15H,7-14H2,1-2H3. The first kappa shape index (κ1) is 19.0. The van der Waals surface area contributed by atoms with Crippen molar-refractivity contribution in [3.8, 4) is 5.75 Å². The summed E-state index contributed by atoms with van der Waals surface area (Å²) in [6.07, 6.45) is 0.646. The van der Waals surface area contributed by atoms with Gasteiger partial charge in [0.1, 0.15) is 12.4 Å². The second-order valence-corrected chi connectivity index (χ2v) is 6.63. The predicted octanol–water partition coefficient (Wildman–Crippen LogP) is 2.68. The minimum Gasteiger partial charge on any atom is -0.492 e. The van der Waals surface area contributed by atoms with Gasteiger partial charge in [0.15, 0.2) is 0 Å². The van der Waals surface area contributed by atoms with Crippen LogP contribution in [0.1, 0.15) is 20.3 Å². The van der Waals surface area contributed by atoms with Gasteiger partial charge in [-0.15, -0.1) is 0 Å². The van der Waals surface area contributed by atoms with Crippen LogP contribution in [0.3, 0.4) is 0 Å². The van der Waals surface area contributed by atoms with E-state index in [9.17, 15) is 4.79 Å². The Labute approximate surface area is 149 Å². The molecule has 0 radical (unpaired) electrons. The number of ether oxygens (including phenoxy) is 2. The van der Waals surface area contributed by atoms with Crippen LogP contribution in [0.5, 0.6) is 5.75 Å². The summed E-state index contributed by atoms with van der Waals surface area (Å²) >= 11 is 5.85.